The lowest BCUT2D eigenvalue weighted by Gasteiger charge is -2.08. The van der Waals surface area contributed by atoms with Crippen molar-refractivity contribution >= 4 is 10.9 Å². The summed E-state index contributed by atoms with van der Waals surface area (Å²) in [7, 11) is 1.55. The van der Waals surface area contributed by atoms with Gasteiger partial charge in [-0.15, -0.1) is 0 Å². The van der Waals surface area contributed by atoms with Crippen molar-refractivity contribution in [3.05, 3.63) is 36.4 Å². The van der Waals surface area contributed by atoms with Crippen LogP contribution in [0.15, 0.2) is 30.9 Å². The Morgan fingerprint density at radius 1 is 1.05 bits per heavy atom. The first kappa shape index (κ1) is 12.3. The number of methoxy groups -OCH3 is 1. The summed E-state index contributed by atoms with van der Waals surface area (Å²) >= 11 is 0. The molecule has 0 aliphatic rings. The zero-order valence-corrected chi connectivity index (χ0v) is 11.0. The zero-order chi connectivity index (χ0) is 14.1. The minimum Gasteiger partial charge on any atom is -0.494 e. The number of ether oxygens (including phenoxy) is 1. The van der Waals surface area contributed by atoms with Gasteiger partial charge in [0, 0.05) is 18.0 Å². The Morgan fingerprint density at radius 3 is 2.50 bits per heavy atom. The number of benzene rings is 1. The first-order chi connectivity index (χ1) is 9.69. The molecule has 0 amide bonds. The van der Waals surface area contributed by atoms with Crippen molar-refractivity contribution in [1.29, 1.82) is 0 Å². The van der Waals surface area contributed by atoms with E-state index in [0.29, 0.717) is 22.5 Å². The first-order valence-corrected chi connectivity index (χ1v) is 6.00. The van der Waals surface area contributed by atoms with E-state index in [9.17, 15) is 5.11 Å². The molecule has 0 spiro atoms. The van der Waals surface area contributed by atoms with Crippen LogP contribution in [0.2, 0.25) is 0 Å². The maximum atomic E-state index is 9.86. The Labute approximate surface area is 115 Å². The van der Waals surface area contributed by atoms with Crippen molar-refractivity contribution in [2.75, 3.05) is 7.11 Å². The molecule has 1 N–H and O–H groups in total. The molecule has 0 unspecified atom stereocenters. The fourth-order valence-electron chi connectivity index (χ4n) is 1.95. The number of aromatic hydroxyl groups is 1. The van der Waals surface area contributed by atoms with Crippen molar-refractivity contribution in [3.63, 3.8) is 0 Å². The van der Waals surface area contributed by atoms with Gasteiger partial charge in [-0.2, -0.15) is 0 Å². The fraction of sp³-hybridized carbons (Fsp3) is 0.143. The minimum absolute atomic E-state index is 0.0951. The van der Waals surface area contributed by atoms with E-state index in [4.69, 9.17) is 4.74 Å². The highest BCUT2D eigenvalue weighted by Crippen LogP contribution is 2.32. The van der Waals surface area contributed by atoms with Gasteiger partial charge in [-0.3, -0.25) is 0 Å². The highest BCUT2D eigenvalue weighted by molar-refractivity contribution is 5.91. The van der Waals surface area contributed by atoms with Crippen LogP contribution >= 0.6 is 0 Å². The molecule has 0 radical (unpaired) electrons. The number of hydrogen-bond donors (Lipinski definition) is 1. The molecule has 0 saturated carbocycles. The van der Waals surface area contributed by atoms with Crippen LogP contribution in [0.25, 0.3) is 22.3 Å². The Morgan fingerprint density at radius 2 is 1.80 bits per heavy atom. The largest absolute Gasteiger partial charge is 0.494 e. The molecule has 0 saturated heterocycles. The molecule has 0 bridgehead atoms. The monoisotopic (exact) mass is 268 g/mol. The molecule has 0 aliphatic carbocycles. The Kier molecular flexibility index (Phi) is 2.90. The summed E-state index contributed by atoms with van der Waals surface area (Å²) in [5.41, 5.74) is 2.27. The lowest BCUT2D eigenvalue weighted by atomic mass is 10.1. The maximum absolute atomic E-state index is 9.86. The highest BCUT2D eigenvalue weighted by atomic mass is 16.5. The smallest absolute Gasteiger partial charge is 0.222 e. The molecule has 0 aliphatic heterocycles. The number of nitrogens with zero attached hydrogens (tertiary/aromatic N) is 4. The van der Waals surface area contributed by atoms with Crippen LogP contribution in [-0.2, 0) is 0 Å². The van der Waals surface area contributed by atoms with Crippen LogP contribution in [0.3, 0.4) is 0 Å². The van der Waals surface area contributed by atoms with E-state index in [1.54, 1.807) is 31.6 Å². The number of rotatable bonds is 2. The zero-order valence-electron chi connectivity index (χ0n) is 11.0. The third kappa shape index (κ3) is 2.01. The summed E-state index contributed by atoms with van der Waals surface area (Å²) in [4.78, 5) is 16.4. The second kappa shape index (κ2) is 4.73. The molecule has 6 heteroatoms. The summed E-state index contributed by atoms with van der Waals surface area (Å²) in [6.45, 7) is 1.92. The fourth-order valence-corrected chi connectivity index (χ4v) is 1.95. The molecule has 3 aromatic rings. The average molecular weight is 268 g/mol. The topological polar surface area (TPSA) is 81.0 Å². The van der Waals surface area contributed by atoms with Gasteiger partial charge in [0.15, 0.2) is 5.82 Å². The predicted octanol–water partition coefficient (Wildman–Crippen LogP) is 2.11. The van der Waals surface area contributed by atoms with Gasteiger partial charge in [0.05, 0.1) is 12.5 Å². The van der Waals surface area contributed by atoms with Crippen LogP contribution < -0.4 is 4.74 Å². The van der Waals surface area contributed by atoms with Crippen LogP contribution in [0.1, 0.15) is 5.56 Å². The van der Waals surface area contributed by atoms with Gasteiger partial charge in [0.2, 0.25) is 5.88 Å². The Balaban J connectivity index is 2.27. The molecule has 20 heavy (non-hydrogen) atoms. The molecule has 2 aromatic heterocycles. The van der Waals surface area contributed by atoms with E-state index in [-0.39, 0.29) is 5.88 Å². The van der Waals surface area contributed by atoms with E-state index >= 15 is 0 Å². The molecule has 100 valence electrons. The highest BCUT2D eigenvalue weighted by Gasteiger charge is 2.12. The van der Waals surface area contributed by atoms with Gasteiger partial charge in [-0.25, -0.2) is 19.9 Å². The Bertz CT molecular complexity index is 772. The summed E-state index contributed by atoms with van der Waals surface area (Å²) in [5.74, 6) is 1.00. The standard InChI is InChI=1S/C14H12N4O2/c1-8-5-15-13(16-6-8)9-3-10-12(11(4-9)20-2)17-7-18-14(10)19/h3-7H,1-2H3,(H,17,18,19). The molecule has 0 fully saturated rings. The van der Waals surface area contributed by atoms with Gasteiger partial charge in [0.25, 0.3) is 0 Å². The molecule has 0 atom stereocenters. The average Bonchev–Trinajstić information content (AvgIpc) is 2.47. The first-order valence-electron chi connectivity index (χ1n) is 6.00. The van der Waals surface area contributed by atoms with Crippen molar-refractivity contribution in [2.45, 2.75) is 6.92 Å². The third-order valence-electron chi connectivity index (χ3n) is 2.94. The Hall–Kier alpha value is -2.76. The minimum atomic E-state index is -0.0951. The molecule has 1 aromatic carbocycles. The van der Waals surface area contributed by atoms with Crippen molar-refractivity contribution in [3.8, 4) is 23.0 Å². The quantitative estimate of drug-likeness (QED) is 0.766. The number of aromatic nitrogens is 4. The molecular formula is C14H12N4O2. The molecular weight excluding hydrogens is 256 g/mol. The number of hydrogen-bond acceptors (Lipinski definition) is 6. The van der Waals surface area contributed by atoms with E-state index in [0.717, 1.165) is 11.1 Å². The van der Waals surface area contributed by atoms with Gasteiger partial charge >= 0.3 is 0 Å². The summed E-state index contributed by atoms with van der Waals surface area (Å²) < 4.78 is 5.31. The predicted molar refractivity (Wildman–Crippen MR) is 73.5 cm³/mol. The number of fused-ring (bicyclic) bond motifs is 1. The van der Waals surface area contributed by atoms with Crippen molar-refractivity contribution < 1.29 is 9.84 Å². The SMILES string of the molecule is COc1cc(-c2ncc(C)cn2)cc2c(O)ncnc12. The number of aryl methyl sites for hydroxylation is 1. The van der Waals surface area contributed by atoms with Gasteiger partial charge in [-0.1, -0.05) is 0 Å². The van der Waals surface area contributed by atoms with Crippen LogP contribution in [0, 0.1) is 6.92 Å². The van der Waals surface area contributed by atoms with Gasteiger partial charge in [0.1, 0.15) is 17.6 Å². The lowest BCUT2D eigenvalue weighted by Crippen LogP contribution is -1.94. The van der Waals surface area contributed by atoms with Crippen molar-refractivity contribution in [1.82, 2.24) is 19.9 Å². The van der Waals surface area contributed by atoms with Crippen LogP contribution in [0.4, 0.5) is 0 Å². The lowest BCUT2D eigenvalue weighted by molar-refractivity contribution is 0.418. The second-order valence-electron chi connectivity index (χ2n) is 4.36. The van der Waals surface area contributed by atoms with E-state index in [1.807, 2.05) is 6.92 Å². The summed E-state index contributed by atoms with van der Waals surface area (Å²) in [5, 5.41) is 10.4. The van der Waals surface area contributed by atoms with Gasteiger partial charge in [-0.05, 0) is 24.6 Å². The van der Waals surface area contributed by atoms with E-state index in [2.05, 4.69) is 19.9 Å². The maximum Gasteiger partial charge on any atom is 0.222 e. The van der Waals surface area contributed by atoms with Crippen LogP contribution in [0.5, 0.6) is 11.6 Å². The van der Waals surface area contributed by atoms with Crippen LogP contribution in [-0.4, -0.2) is 32.2 Å². The molecule has 6 nitrogen and oxygen atoms in total. The molecule has 3 rings (SSSR count). The van der Waals surface area contributed by atoms with E-state index < -0.39 is 0 Å². The van der Waals surface area contributed by atoms with Crippen molar-refractivity contribution in [2.24, 2.45) is 0 Å². The summed E-state index contributed by atoms with van der Waals surface area (Å²) in [6, 6.07) is 3.54. The molecule has 2 heterocycles. The summed E-state index contributed by atoms with van der Waals surface area (Å²) in [6.07, 6.45) is 4.77. The normalized spacial score (nSPS) is 10.7. The van der Waals surface area contributed by atoms with E-state index in [1.165, 1.54) is 6.33 Å². The second-order valence-corrected chi connectivity index (χ2v) is 4.36. The third-order valence-corrected chi connectivity index (χ3v) is 2.94. The van der Waals surface area contributed by atoms with Gasteiger partial charge < -0.3 is 9.84 Å².